The van der Waals surface area contributed by atoms with Crippen LogP contribution in [0.15, 0.2) is 30.9 Å². The van der Waals surface area contributed by atoms with Gasteiger partial charge in [-0.2, -0.15) is 0 Å². The molecule has 4 nitrogen and oxygen atoms in total. The van der Waals surface area contributed by atoms with Gasteiger partial charge in [0.1, 0.15) is 5.75 Å². The van der Waals surface area contributed by atoms with Crippen molar-refractivity contribution in [1.29, 1.82) is 0 Å². The standard InChI is InChI=1S/C14H20N2O2/c1-5-8-16(10(2)3)14(17)12-7-6-11(15)9-13(12)18-4/h5-7,9-10H,1,8,15H2,2-4H3. The molecule has 98 valence electrons. The molecule has 0 saturated carbocycles. The average Bonchev–Trinajstić information content (AvgIpc) is 2.34. The van der Waals surface area contributed by atoms with E-state index in [4.69, 9.17) is 10.5 Å². The first-order valence-corrected chi connectivity index (χ1v) is 5.86. The average molecular weight is 248 g/mol. The lowest BCUT2D eigenvalue weighted by Gasteiger charge is -2.26. The third-order valence-corrected chi connectivity index (χ3v) is 2.67. The number of nitrogen functional groups attached to an aromatic ring is 1. The van der Waals surface area contributed by atoms with Gasteiger partial charge in [-0.05, 0) is 26.0 Å². The predicted octanol–water partition coefficient (Wildman–Crippen LogP) is 2.31. The SMILES string of the molecule is C=CCN(C(=O)c1ccc(N)cc1OC)C(C)C. The number of ether oxygens (including phenoxy) is 1. The van der Waals surface area contributed by atoms with Crippen molar-refractivity contribution >= 4 is 11.6 Å². The van der Waals surface area contributed by atoms with E-state index in [1.165, 1.54) is 7.11 Å². The summed E-state index contributed by atoms with van der Waals surface area (Å²) >= 11 is 0. The van der Waals surface area contributed by atoms with Crippen LogP contribution >= 0.6 is 0 Å². The fraction of sp³-hybridized carbons (Fsp3) is 0.357. The van der Waals surface area contributed by atoms with Crippen LogP contribution in [0.1, 0.15) is 24.2 Å². The maximum absolute atomic E-state index is 12.4. The third-order valence-electron chi connectivity index (χ3n) is 2.67. The van der Waals surface area contributed by atoms with Crippen LogP contribution in [0.4, 0.5) is 5.69 Å². The Morgan fingerprint density at radius 3 is 2.72 bits per heavy atom. The molecule has 0 aromatic heterocycles. The number of anilines is 1. The highest BCUT2D eigenvalue weighted by Gasteiger charge is 2.20. The zero-order valence-corrected chi connectivity index (χ0v) is 11.1. The molecule has 1 aromatic carbocycles. The molecule has 0 fully saturated rings. The van der Waals surface area contributed by atoms with Gasteiger partial charge in [-0.15, -0.1) is 6.58 Å². The van der Waals surface area contributed by atoms with Crippen molar-refractivity contribution in [3.05, 3.63) is 36.4 Å². The van der Waals surface area contributed by atoms with Crippen LogP contribution in [-0.2, 0) is 0 Å². The summed E-state index contributed by atoms with van der Waals surface area (Å²) in [6.07, 6.45) is 1.71. The molecule has 0 aliphatic heterocycles. The summed E-state index contributed by atoms with van der Waals surface area (Å²) in [5.74, 6) is 0.413. The molecular formula is C14H20N2O2. The van der Waals surface area contributed by atoms with Crippen molar-refractivity contribution in [1.82, 2.24) is 4.90 Å². The van der Waals surface area contributed by atoms with Crippen LogP contribution in [0.3, 0.4) is 0 Å². The monoisotopic (exact) mass is 248 g/mol. The Balaban J connectivity index is 3.11. The van der Waals surface area contributed by atoms with Crippen LogP contribution in [0.5, 0.6) is 5.75 Å². The van der Waals surface area contributed by atoms with Gasteiger partial charge < -0.3 is 15.4 Å². The Bertz CT molecular complexity index is 441. The van der Waals surface area contributed by atoms with E-state index in [0.29, 0.717) is 23.5 Å². The van der Waals surface area contributed by atoms with E-state index >= 15 is 0 Å². The first kappa shape index (κ1) is 14.1. The van der Waals surface area contributed by atoms with Gasteiger partial charge in [-0.1, -0.05) is 6.08 Å². The fourth-order valence-corrected chi connectivity index (χ4v) is 1.71. The summed E-state index contributed by atoms with van der Waals surface area (Å²) in [6.45, 7) is 8.10. The highest BCUT2D eigenvalue weighted by molar-refractivity contribution is 5.97. The number of amides is 1. The first-order chi connectivity index (χ1) is 8.51. The van der Waals surface area contributed by atoms with Crippen molar-refractivity contribution < 1.29 is 9.53 Å². The number of hydrogen-bond donors (Lipinski definition) is 1. The van der Waals surface area contributed by atoms with Gasteiger partial charge in [0, 0.05) is 24.3 Å². The van der Waals surface area contributed by atoms with Gasteiger partial charge in [0.05, 0.1) is 12.7 Å². The highest BCUT2D eigenvalue weighted by atomic mass is 16.5. The van der Waals surface area contributed by atoms with Crippen molar-refractivity contribution in [3.8, 4) is 5.75 Å². The maximum atomic E-state index is 12.4. The van der Waals surface area contributed by atoms with E-state index in [0.717, 1.165) is 0 Å². The lowest BCUT2D eigenvalue weighted by molar-refractivity contribution is 0.0725. The van der Waals surface area contributed by atoms with E-state index in [2.05, 4.69) is 6.58 Å². The van der Waals surface area contributed by atoms with E-state index in [1.807, 2.05) is 13.8 Å². The molecule has 0 aliphatic rings. The van der Waals surface area contributed by atoms with Gasteiger partial charge in [-0.25, -0.2) is 0 Å². The number of hydrogen-bond acceptors (Lipinski definition) is 3. The van der Waals surface area contributed by atoms with Gasteiger partial charge >= 0.3 is 0 Å². The minimum absolute atomic E-state index is 0.0817. The van der Waals surface area contributed by atoms with Crippen LogP contribution in [0.25, 0.3) is 0 Å². The number of carbonyl (C=O) groups excluding carboxylic acids is 1. The van der Waals surface area contributed by atoms with Crippen molar-refractivity contribution in [2.75, 3.05) is 19.4 Å². The quantitative estimate of drug-likeness (QED) is 0.642. The number of methoxy groups -OCH3 is 1. The molecule has 0 unspecified atom stereocenters. The summed E-state index contributed by atoms with van der Waals surface area (Å²) < 4.78 is 5.20. The summed E-state index contributed by atoms with van der Waals surface area (Å²) in [5, 5.41) is 0. The second kappa shape index (κ2) is 6.10. The normalized spacial score (nSPS) is 10.2. The number of nitrogens with zero attached hydrogens (tertiary/aromatic N) is 1. The Labute approximate surface area is 108 Å². The molecule has 0 bridgehead atoms. The predicted molar refractivity (Wildman–Crippen MR) is 73.8 cm³/mol. The van der Waals surface area contributed by atoms with Crippen molar-refractivity contribution in [2.24, 2.45) is 0 Å². The molecule has 0 spiro atoms. The second-order valence-electron chi connectivity index (χ2n) is 4.30. The molecule has 0 saturated heterocycles. The molecular weight excluding hydrogens is 228 g/mol. The van der Waals surface area contributed by atoms with Crippen LogP contribution in [0, 0.1) is 0 Å². The van der Waals surface area contributed by atoms with Gasteiger partial charge in [0.15, 0.2) is 0 Å². The zero-order valence-electron chi connectivity index (χ0n) is 11.1. The Hall–Kier alpha value is -1.97. The summed E-state index contributed by atoms with van der Waals surface area (Å²) in [6, 6.07) is 5.13. The van der Waals surface area contributed by atoms with Crippen molar-refractivity contribution in [2.45, 2.75) is 19.9 Å². The number of benzene rings is 1. The number of carbonyl (C=O) groups is 1. The molecule has 1 aromatic rings. The van der Waals surface area contributed by atoms with Gasteiger partial charge in [0.2, 0.25) is 0 Å². The van der Waals surface area contributed by atoms with Gasteiger partial charge in [-0.3, -0.25) is 4.79 Å². The minimum atomic E-state index is -0.0817. The van der Waals surface area contributed by atoms with Crippen LogP contribution in [-0.4, -0.2) is 30.5 Å². The Kier molecular flexibility index (Phi) is 4.77. The summed E-state index contributed by atoms with van der Waals surface area (Å²) in [4.78, 5) is 14.1. The molecule has 4 heteroatoms. The lowest BCUT2D eigenvalue weighted by Crippen LogP contribution is -2.37. The van der Waals surface area contributed by atoms with E-state index < -0.39 is 0 Å². The molecule has 0 heterocycles. The molecule has 2 N–H and O–H groups in total. The van der Waals surface area contributed by atoms with E-state index in [1.54, 1.807) is 29.2 Å². The molecule has 0 radical (unpaired) electrons. The Morgan fingerprint density at radius 2 is 2.22 bits per heavy atom. The largest absolute Gasteiger partial charge is 0.496 e. The lowest BCUT2D eigenvalue weighted by atomic mass is 10.1. The summed E-state index contributed by atoms with van der Waals surface area (Å²) in [7, 11) is 1.53. The molecule has 1 rings (SSSR count). The first-order valence-electron chi connectivity index (χ1n) is 5.86. The van der Waals surface area contributed by atoms with Crippen molar-refractivity contribution in [3.63, 3.8) is 0 Å². The van der Waals surface area contributed by atoms with Crippen LogP contribution in [0.2, 0.25) is 0 Å². The fourth-order valence-electron chi connectivity index (χ4n) is 1.71. The smallest absolute Gasteiger partial charge is 0.258 e. The van der Waals surface area contributed by atoms with E-state index in [-0.39, 0.29) is 11.9 Å². The van der Waals surface area contributed by atoms with Crippen LogP contribution < -0.4 is 10.5 Å². The maximum Gasteiger partial charge on any atom is 0.258 e. The molecule has 1 amide bonds. The molecule has 0 atom stereocenters. The third kappa shape index (κ3) is 3.03. The Morgan fingerprint density at radius 1 is 1.56 bits per heavy atom. The number of nitrogens with two attached hydrogens (primary N) is 1. The summed E-state index contributed by atoms with van der Waals surface area (Å²) in [5.41, 5.74) is 6.77. The highest BCUT2D eigenvalue weighted by Crippen LogP contribution is 2.23. The topological polar surface area (TPSA) is 55.6 Å². The molecule has 0 aliphatic carbocycles. The second-order valence-corrected chi connectivity index (χ2v) is 4.30. The number of rotatable bonds is 5. The minimum Gasteiger partial charge on any atom is -0.496 e. The van der Waals surface area contributed by atoms with Gasteiger partial charge in [0.25, 0.3) is 5.91 Å². The molecule has 18 heavy (non-hydrogen) atoms. The van der Waals surface area contributed by atoms with E-state index in [9.17, 15) is 4.79 Å². The zero-order chi connectivity index (χ0) is 13.7.